The average molecular weight is 903 g/mol. The van der Waals surface area contributed by atoms with E-state index < -0.39 is 5.41 Å². The molecule has 12 aromatic rings. The standard InChI is InChI=1S/C67H42N4/c1-2-17-45(18-3-1)48-19-8-14-30-60(48)70(62-32-16-28-58-63(62)53-23-6-12-27-57(53)67(58)55-25-10-4-20-49(55)50-21-5-11-26-56(50)67)46-37-33-43(34-38-46)44-35-39-47(40-36-44)71-61-31-15-9-24-54(61)65-64-52(41-42-68-65)51-22-7-13-29-59(51)69-66(64)71/h1-42H. The Bertz CT molecular complexity index is 4080. The third kappa shape index (κ3) is 5.61. The molecule has 0 bridgehead atoms. The van der Waals surface area contributed by atoms with Crippen LogP contribution in [0, 0.1) is 0 Å². The number of pyridine rings is 2. The number of aromatic nitrogens is 2. The van der Waals surface area contributed by atoms with Gasteiger partial charge in [-0.05, 0) is 116 Å². The second-order valence-electron chi connectivity index (χ2n) is 18.8. The second-order valence-corrected chi connectivity index (χ2v) is 18.8. The zero-order valence-electron chi connectivity index (χ0n) is 38.5. The highest BCUT2D eigenvalue weighted by molar-refractivity contribution is 6.19. The predicted octanol–water partition coefficient (Wildman–Crippen LogP) is 17.4. The summed E-state index contributed by atoms with van der Waals surface area (Å²) in [5.41, 5.74) is 23.1. The van der Waals surface area contributed by atoms with Crippen molar-refractivity contribution in [1.82, 2.24) is 9.97 Å². The van der Waals surface area contributed by atoms with Crippen LogP contribution in [0.2, 0.25) is 0 Å². The maximum atomic E-state index is 5.33. The molecule has 4 heteroatoms. The highest BCUT2D eigenvalue weighted by Crippen LogP contribution is 2.65. The molecular formula is C67H42N4. The SMILES string of the molecule is c1ccc(-c2ccccc2N(c2ccc(-c3ccc(N4c5ccccc5-c5nccc6c5c4nc4ccccc46)cc3)cc2)c2cccc3c2-c2ccccc2C32c3ccccc3-c3ccccc32)cc1. The lowest BCUT2D eigenvalue weighted by Gasteiger charge is -2.32. The fourth-order valence-corrected chi connectivity index (χ4v) is 12.3. The van der Waals surface area contributed by atoms with Crippen LogP contribution in [0.4, 0.5) is 34.3 Å². The lowest BCUT2D eigenvalue weighted by atomic mass is 9.70. The molecule has 0 amide bonds. The minimum atomic E-state index is -0.456. The minimum Gasteiger partial charge on any atom is -0.309 e. The molecule has 0 N–H and O–H groups in total. The number of rotatable bonds is 6. The predicted molar refractivity (Wildman–Crippen MR) is 293 cm³/mol. The van der Waals surface area contributed by atoms with E-state index in [0.29, 0.717) is 0 Å². The Hall–Kier alpha value is -9.38. The Labute approximate surface area is 412 Å². The first-order chi connectivity index (χ1) is 35.3. The summed E-state index contributed by atoms with van der Waals surface area (Å²) >= 11 is 0. The normalized spacial score (nSPS) is 13.2. The number of fused-ring (bicyclic) bond motifs is 14. The lowest BCUT2D eigenvalue weighted by molar-refractivity contribution is 0.794. The van der Waals surface area contributed by atoms with E-state index >= 15 is 0 Å². The third-order valence-electron chi connectivity index (χ3n) is 15.3. The van der Waals surface area contributed by atoms with Crippen molar-refractivity contribution < 1.29 is 0 Å². The van der Waals surface area contributed by atoms with Gasteiger partial charge in [0.15, 0.2) is 0 Å². The van der Waals surface area contributed by atoms with Crippen molar-refractivity contribution >= 4 is 55.9 Å². The first-order valence-electron chi connectivity index (χ1n) is 24.4. The van der Waals surface area contributed by atoms with Crippen LogP contribution in [0.5, 0.6) is 0 Å². The molecule has 3 heterocycles. The fraction of sp³-hybridized carbons (Fsp3) is 0.0149. The zero-order valence-corrected chi connectivity index (χ0v) is 38.5. The molecule has 15 rings (SSSR count). The zero-order chi connectivity index (χ0) is 46.6. The molecule has 2 aliphatic carbocycles. The Morgan fingerprint density at radius 1 is 0.380 bits per heavy atom. The van der Waals surface area contributed by atoms with Crippen LogP contribution in [-0.2, 0) is 5.41 Å². The summed E-state index contributed by atoms with van der Waals surface area (Å²) in [5, 5.41) is 3.36. The summed E-state index contributed by atoms with van der Waals surface area (Å²) in [6.45, 7) is 0. The molecule has 0 unspecified atom stereocenters. The van der Waals surface area contributed by atoms with E-state index in [-0.39, 0.29) is 0 Å². The van der Waals surface area contributed by atoms with Crippen molar-refractivity contribution in [2.75, 3.05) is 9.80 Å². The number of hydrogen-bond donors (Lipinski definition) is 0. The molecule has 0 radical (unpaired) electrons. The van der Waals surface area contributed by atoms with Crippen LogP contribution in [-0.4, -0.2) is 9.97 Å². The van der Waals surface area contributed by atoms with Gasteiger partial charge in [-0.2, -0.15) is 0 Å². The summed E-state index contributed by atoms with van der Waals surface area (Å²) in [7, 11) is 0. The molecule has 3 aliphatic rings. The van der Waals surface area contributed by atoms with Crippen molar-refractivity contribution in [2.24, 2.45) is 0 Å². The monoisotopic (exact) mass is 902 g/mol. The molecule has 330 valence electrons. The summed E-state index contributed by atoms with van der Waals surface area (Å²) in [4.78, 5) is 15.1. The Kier molecular flexibility index (Phi) is 8.54. The van der Waals surface area contributed by atoms with Gasteiger partial charge in [0.2, 0.25) is 0 Å². The quantitative estimate of drug-likeness (QED) is 0.156. The minimum absolute atomic E-state index is 0.456. The van der Waals surface area contributed by atoms with Gasteiger partial charge in [0.1, 0.15) is 5.82 Å². The van der Waals surface area contributed by atoms with E-state index in [0.717, 1.165) is 78.3 Å². The van der Waals surface area contributed by atoms with Crippen LogP contribution in [0.15, 0.2) is 255 Å². The van der Waals surface area contributed by atoms with E-state index in [1.807, 2.05) is 6.20 Å². The molecule has 71 heavy (non-hydrogen) atoms. The maximum Gasteiger partial charge on any atom is 0.148 e. The van der Waals surface area contributed by atoms with Crippen molar-refractivity contribution in [3.8, 4) is 55.8 Å². The molecule has 0 atom stereocenters. The molecule has 2 aromatic heterocycles. The first kappa shape index (κ1) is 39.6. The van der Waals surface area contributed by atoms with Gasteiger partial charge in [-0.3, -0.25) is 9.88 Å². The first-order valence-corrected chi connectivity index (χ1v) is 24.4. The molecule has 4 nitrogen and oxygen atoms in total. The van der Waals surface area contributed by atoms with Gasteiger partial charge in [-0.15, -0.1) is 0 Å². The largest absolute Gasteiger partial charge is 0.309 e. The number of benzene rings is 10. The van der Waals surface area contributed by atoms with Gasteiger partial charge in [0.25, 0.3) is 0 Å². The van der Waals surface area contributed by atoms with Crippen molar-refractivity contribution in [3.05, 3.63) is 277 Å². The molecule has 0 saturated heterocycles. The highest BCUT2D eigenvalue weighted by atomic mass is 15.2. The van der Waals surface area contributed by atoms with Gasteiger partial charge in [-0.1, -0.05) is 194 Å². The molecule has 0 fully saturated rings. The summed E-state index contributed by atoms with van der Waals surface area (Å²) in [5.74, 6) is 0.899. The third-order valence-corrected chi connectivity index (χ3v) is 15.3. The average Bonchev–Trinajstić information content (AvgIpc) is 3.92. The highest BCUT2D eigenvalue weighted by Gasteiger charge is 2.52. The number of anilines is 6. The fourth-order valence-electron chi connectivity index (χ4n) is 12.3. The van der Waals surface area contributed by atoms with Crippen molar-refractivity contribution in [1.29, 1.82) is 0 Å². The van der Waals surface area contributed by atoms with Gasteiger partial charge in [0, 0.05) is 39.6 Å². The number of hydrogen-bond acceptors (Lipinski definition) is 4. The Balaban J connectivity index is 0.878. The molecule has 1 spiro atoms. The summed E-state index contributed by atoms with van der Waals surface area (Å²) in [6, 6.07) is 90.9. The van der Waals surface area contributed by atoms with E-state index in [2.05, 4.69) is 259 Å². The smallest absolute Gasteiger partial charge is 0.148 e. The van der Waals surface area contributed by atoms with Crippen LogP contribution in [0.25, 0.3) is 77.4 Å². The van der Waals surface area contributed by atoms with Crippen LogP contribution < -0.4 is 9.80 Å². The van der Waals surface area contributed by atoms with Crippen LogP contribution >= 0.6 is 0 Å². The molecular weight excluding hydrogens is 861 g/mol. The van der Waals surface area contributed by atoms with Crippen molar-refractivity contribution in [2.45, 2.75) is 5.41 Å². The summed E-state index contributed by atoms with van der Waals surface area (Å²) in [6.07, 6.45) is 1.93. The van der Waals surface area contributed by atoms with Crippen LogP contribution in [0.1, 0.15) is 22.3 Å². The Morgan fingerprint density at radius 2 is 0.944 bits per heavy atom. The van der Waals surface area contributed by atoms with Gasteiger partial charge >= 0.3 is 0 Å². The van der Waals surface area contributed by atoms with Crippen LogP contribution in [0.3, 0.4) is 0 Å². The summed E-state index contributed by atoms with van der Waals surface area (Å²) < 4.78 is 0. The maximum absolute atomic E-state index is 5.33. The number of nitrogens with zero attached hydrogens (tertiary/aromatic N) is 4. The lowest BCUT2D eigenvalue weighted by Crippen LogP contribution is -2.26. The van der Waals surface area contributed by atoms with E-state index in [4.69, 9.17) is 9.97 Å². The van der Waals surface area contributed by atoms with Crippen molar-refractivity contribution in [3.63, 3.8) is 0 Å². The van der Waals surface area contributed by atoms with E-state index in [1.54, 1.807) is 0 Å². The second kappa shape index (κ2) is 15.3. The van der Waals surface area contributed by atoms with Gasteiger partial charge in [0.05, 0.1) is 39.1 Å². The molecule has 0 saturated carbocycles. The van der Waals surface area contributed by atoms with Gasteiger partial charge < -0.3 is 4.90 Å². The van der Waals surface area contributed by atoms with Gasteiger partial charge in [-0.25, -0.2) is 4.98 Å². The molecule has 10 aromatic carbocycles. The number of para-hydroxylation sites is 3. The Morgan fingerprint density at radius 3 is 1.69 bits per heavy atom. The topological polar surface area (TPSA) is 32.3 Å². The van der Waals surface area contributed by atoms with E-state index in [9.17, 15) is 0 Å². The van der Waals surface area contributed by atoms with E-state index in [1.165, 1.54) is 55.6 Å². The molecule has 1 aliphatic heterocycles.